The minimum atomic E-state index is -0.963. The lowest BCUT2D eigenvalue weighted by molar-refractivity contribution is -0.00644. The first kappa shape index (κ1) is 24.3. The van der Waals surface area contributed by atoms with E-state index in [1.54, 1.807) is 20.8 Å². The van der Waals surface area contributed by atoms with Gasteiger partial charge in [-0.1, -0.05) is 22.0 Å². The molecular weight excluding hydrogens is 456 g/mol. The van der Waals surface area contributed by atoms with Gasteiger partial charge < -0.3 is 29.5 Å². The van der Waals surface area contributed by atoms with Gasteiger partial charge in [-0.15, -0.1) is 0 Å². The molecule has 0 saturated carbocycles. The Morgan fingerprint density at radius 2 is 2.07 bits per heavy atom. The molecule has 30 heavy (non-hydrogen) atoms. The summed E-state index contributed by atoms with van der Waals surface area (Å²) in [5.74, 6) is 0.573. The maximum absolute atomic E-state index is 11.8. The second-order valence-electron chi connectivity index (χ2n) is 8.05. The van der Waals surface area contributed by atoms with Crippen LogP contribution in [0.2, 0.25) is 0 Å². The summed E-state index contributed by atoms with van der Waals surface area (Å²) in [6.07, 6.45) is -0.238. The van der Waals surface area contributed by atoms with Gasteiger partial charge in [-0.2, -0.15) is 0 Å². The number of benzene rings is 1. The van der Waals surface area contributed by atoms with Crippen LogP contribution in [0.1, 0.15) is 52.1 Å². The molecule has 8 nitrogen and oxygen atoms in total. The maximum atomic E-state index is 11.8. The number of carbonyl (C=O) groups excluding carboxylic acids is 1. The average Bonchev–Trinajstić information content (AvgIpc) is 2.64. The Kier molecular flexibility index (Phi) is 8.78. The zero-order valence-corrected chi connectivity index (χ0v) is 19.5. The van der Waals surface area contributed by atoms with Gasteiger partial charge in [0, 0.05) is 23.2 Å². The van der Waals surface area contributed by atoms with E-state index in [0.717, 1.165) is 10.0 Å². The molecule has 1 aromatic rings. The summed E-state index contributed by atoms with van der Waals surface area (Å²) in [5.41, 5.74) is 0.211. The van der Waals surface area contributed by atoms with Crippen LogP contribution < -0.4 is 10.1 Å². The van der Waals surface area contributed by atoms with Crippen LogP contribution in [-0.2, 0) is 9.47 Å². The number of nitrogens with zero attached hydrogens (tertiary/aromatic N) is 1. The highest BCUT2D eigenvalue weighted by atomic mass is 79.9. The summed E-state index contributed by atoms with van der Waals surface area (Å²) < 4.78 is 17.7. The third-order valence-corrected chi connectivity index (χ3v) is 5.06. The van der Waals surface area contributed by atoms with Gasteiger partial charge >= 0.3 is 12.2 Å². The van der Waals surface area contributed by atoms with E-state index in [1.807, 2.05) is 25.1 Å². The lowest BCUT2D eigenvalue weighted by Crippen LogP contribution is -2.42. The van der Waals surface area contributed by atoms with Crippen molar-refractivity contribution in [3.63, 3.8) is 0 Å². The first-order valence-electron chi connectivity index (χ1n) is 10.1. The van der Waals surface area contributed by atoms with Gasteiger partial charge in [-0.3, -0.25) is 0 Å². The third-order valence-electron chi connectivity index (χ3n) is 4.56. The summed E-state index contributed by atoms with van der Waals surface area (Å²) in [6.45, 7) is 8.79. The van der Waals surface area contributed by atoms with Gasteiger partial charge in [0.15, 0.2) is 0 Å². The van der Waals surface area contributed by atoms with E-state index in [1.165, 1.54) is 4.90 Å². The number of hydrogen-bond donors (Lipinski definition) is 2. The topological polar surface area (TPSA) is 97.3 Å². The number of carbonyl (C=O) groups is 2. The standard InChI is InChI=1S/C21H31BrN2O6/c1-5-28-15-8-10-24(20(26)27)17(13-15)16-7-6-14(22)12-18(16)29-11-9-23-19(25)30-21(2,3)4/h6-7,12,15,17H,5,8-11,13H2,1-4H3,(H,23,25)(H,26,27). The van der Waals surface area contributed by atoms with Crippen molar-refractivity contribution in [3.05, 3.63) is 28.2 Å². The van der Waals surface area contributed by atoms with Crippen LogP contribution in [0, 0.1) is 0 Å². The van der Waals surface area contributed by atoms with Gasteiger partial charge in [0.25, 0.3) is 0 Å². The summed E-state index contributed by atoms with van der Waals surface area (Å²) in [4.78, 5) is 25.0. The van der Waals surface area contributed by atoms with E-state index in [4.69, 9.17) is 14.2 Å². The van der Waals surface area contributed by atoms with Gasteiger partial charge in [0.2, 0.25) is 0 Å². The van der Waals surface area contributed by atoms with Crippen molar-refractivity contribution < 1.29 is 28.9 Å². The van der Waals surface area contributed by atoms with E-state index >= 15 is 0 Å². The Labute approximate surface area is 186 Å². The molecule has 168 valence electrons. The highest BCUT2D eigenvalue weighted by Gasteiger charge is 2.34. The van der Waals surface area contributed by atoms with Crippen molar-refractivity contribution in [1.82, 2.24) is 10.2 Å². The molecule has 0 spiro atoms. The molecule has 9 heteroatoms. The lowest BCUT2D eigenvalue weighted by Gasteiger charge is -2.38. The van der Waals surface area contributed by atoms with E-state index in [9.17, 15) is 14.7 Å². The van der Waals surface area contributed by atoms with E-state index in [-0.39, 0.29) is 25.3 Å². The SMILES string of the molecule is CCOC1CCN(C(=O)O)C(c2ccc(Br)cc2OCCNC(=O)OC(C)(C)C)C1. The molecule has 1 aliphatic heterocycles. The quantitative estimate of drug-likeness (QED) is 0.547. The minimum Gasteiger partial charge on any atom is -0.491 e. The molecule has 1 aliphatic rings. The first-order valence-corrected chi connectivity index (χ1v) is 10.9. The van der Waals surface area contributed by atoms with Crippen molar-refractivity contribution in [2.75, 3.05) is 26.3 Å². The van der Waals surface area contributed by atoms with Crippen molar-refractivity contribution in [3.8, 4) is 5.75 Å². The number of hydrogen-bond acceptors (Lipinski definition) is 5. The number of likely N-dealkylation sites (tertiary alicyclic amines) is 1. The fourth-order valence-electron chi connectivity index (χ4n) is 3.38. The molecule has 2 amide bonds. The lowest BCUT2D eigenvalue weighted by atomic mass is 9.93. The van der Waals surface area contributed by atoms with Gasteiger partial charge in [0.1, 0.15) is 18.0 Å². The molecular formula is C21H31BrN2O6. The number of amides is 2. The van der Waals surface area contributed by atoms with E-state index in [0.29, 0.717) is 31.7 Å². The number of carboxylic acid groups (broad SMARTS) is 1. The zero-order valence-electron chi connectivity index (χ0n) is 17.9. The molecule has 0 aromatic heterocycles. The normalized spacial score (nSPS) is 19.3. The Balaban J connectivity index is 2.09. The van der Waals surface area contributed by atoms with Crippen molar-refractivity contribution in [2.45, 2.75) is 58.3 Å². The highest BCUT2D eigenvalue weighted by molar-refractivity contribution is 9.10. The largest absolute Gasteiger partial charge is 0.491 e. The van der Waals surface area contributed by atoms with Gasteiger partial charge in [-0.05, 0) is 52.7 Å². The van der Waals surface area contributed by atoms with Crippen LogP contribution >= 0.6 is 15.9 Å². The molecule has 0 radical (unpaired) electrons. The number of rotatable bonds is 7. The summed E-state index contributed by atoms with van der Waals surface area (Å²) in [5, 5.41) is 12.3. The van der Waals surface area contributed by atoms with Crippen LogP contribution in [-0.4, -0.2) is 60.2 Å². The smallest absolute Gasteiger partial charge is 0.407 e. The van der Waals surface area contributed by atoms with Crippen molar-refractivity contribution in [1.29, 1.82) is 0 Å². The van der Waals surface area contributed by atoms with Crippen LogP contribution in [0.4, 0.5) is 9.59 Å². The third kappa shape index (κ3) is 7.36. The van der Waals surface area contributed by atoms with Gasteiger partial charge in [-0.25, -0.2) is 9.59 Å². The van der Waals surface area contributed by atoms with Crippen molar-refractivity contribution in [2.24, 2.45) is 0 Å². The Morgan fingerprint density at radius 1 is 1.33 bits per heavy atom. The molecule has 1 heterocycles. The van der Waals surface area contributed by atoms with Crippen molar-refractivity contribution >= 4 is 28.1 Å². The fourth-order valence-corrected chi connectivity index (χ4v) is 3.72. The highest BCUT2D eigenvalue weighted by Crippen LogP contribution is 2.38. The van der Waals surface area contributed by atoms with Crippen LogP contribution in [0.3, 0.4) is 0 Å². The minimum absolute atomic E-state index is 0.000863. The zero-order chi connectivity index (χ0) is 22.3. The number of ether oxygens (including phenoxy) is 3. The molecule has 2 rings (SSSR count). The number of halogens is 1. The second kappa shape index (κ2) is 10.9. The molecule has 2 atom stereocenters. The average molecular weight is 487 g/mol. The van der Waals surface area contributed by atoms with E-state index < -0.39 is 17.8 Å². The molecule has 1 saturated heterocycles. The fraction of sp³-hybridized carbons (Fsp3) is 0.619. The Hall–Kier alpha value is -2.00. The second-order valence-corrected chi connectivity index (χ2v) is 8.97. The molecule has 1 fully saturated rings. The number of alkyl carbamates (subject to hydrolysis) is 1. The number of piperidine rings is 1. The summed E-state index contributed by atoms with van der Waals surface area (Å²) >= 11 is 3.44. The molecule has 1 aromatic carbocycles. The predicted molar refractivity (Wildman–Crippen MR) is 116 cm³/mol. The summed E-state index contributed by atoms with van der Waals surface area (Å²) in [6, 6.07) is 5.18. The van der Waals surface area contributed by atoms with Crippen LogP contribution in [0.15, 0.2) is 22.7 Å². The molecule has 2 unspecified atom stereocenters. The monoisotopic (exact) mass is 486 g/mol. The van der Waals surface area contributed by atoms with E-state index in [2.05, 4.69) is 21.2 Å². The first-order chi connectivity index (χ1) is 14.1. The molecule has 0 bridgehead atoms. The van der Waals surface area contributed by atoms with Gasteiger partial charge in [0.05, 0.1) is 18.7 Å². The Bertz CT molecular complexity index is 737. The molecule has 2 N–H and O–H groups in total. The predicted octanol–water partition coefficient (Wildman–Crippen LogP) is 4.57. The van der Waals surface area contributed by atoms with Crippen LogP contribution in [0.5, 0.6) is 5.75 Å². The Morgan fingerprint density at radius 3 is 2.70 bits per heavy atom. The maximum Gasteiger partial charge on any atom is 0.407 e. The number of nitrogens with one attached hydrogen (secondary N) is 1. The summed E-state index contributed by atoms with van der Waals surface area (Å²) in [7, 11) is 0. The van der Waals surface area contributed by atoms with Crippen LogP contribution in [0.25, 0.3) is 0 Å². The molecule has 0 aliphatic carbocycles.